The number of aryl methyl sites for hydroxylation is 1. The Labute approximate surface area is 156 Å². The molecule has 7 heteroatoms. The average molecular weight is 376 g/mol. The topological polar surface area (TPSA) is 81.7 Å². The smallest absolute Gasteiger partial charge is 0.344 e. The molecule has 0 bridgehead atoms. The van der Waals surface area contributed by atoms with Gasteiger partial charge in [0.15, 0.2) is 19.0 Å². The molecule has 0 fully saturated rings. The van der Waals surface area contributed by atoms with Crippen LogP contribution in [0, 0.1) is 6.92 Å². The van der Waals surface area contributed by atoms with E-state index in [1.807, 2.05) is 6.92 Å². The minimum atomic E-state index is -0.698. The number of benzene rings is 2. The second kappa shape index (κ2) is 9.01. The number of ether oxygens (including phenoxy) is 2. The molecule has 0 aliphatic rings. The Morgan fingerprint density at radius 2 is 1.85 bits per heavy atom. The van der Waals surface area contributed by atoms with Crippen LogP contribution >= 0.6 is 11.6 Å². The van der Waals surface area contributed by atoms with E-state index >= 15 is 0 Å². The van der Waals surface area contributed by atoms with E-state index in [1.165, 1.54) is 13.0 Å². The Balaban J connectivity index is 1.79. The van der Waals surface area contributed by atoms with Gasteiger partial charge in [0.05, 0.1) is 0 Å². The lowest BCUT2D eigenvalue weighted by Gasteiger charge is -2.10. The molecule has 1 amide bonds. The lowest BCUT2D eigenvalue weighted by atomic mass is 10.1. The van der Waals surface area contributed by atoms with Crippen molar-refractivity contribution in [3.63, 3.8) is 0 Å². The molecule has 136 valence electrons. The van der Waals surface area contributed by atoms with E-state index in [2.05, 4.69) is 5.32 Å². The first-order chi connectivity index (χ1) is 12.3. The van der Waals surface area contributed by atoms with Crippen LogP contribution in [0.1, 0.15) is 22.8 Å². The van der Waals surface area contributed by atoms with Gasteiger partial charge >= 0.3 is 5.97 Å². The summed E-state index contributed by atoms with van der Waals surface area (Å²) in [5.74, 6) is -0.918. The monoisotopic (exact) mass is 375 g/mol. The fourth-order valence-corrected chi connectivity index (χ4v) is 2.22. The average Bonchev–Trinajstić information content (AvgIpc) is 2.61. The summed E-state index contributed by atoms with van der Waals surface area (Å²) in [6.45, 7) is 2.45. The number of hydrogen-bond donors (Lipinski definition) is 1. The standard InChI is InChI=1S/C19H18ClNO5/c1-12-6-7-15(20)9-17(12)21-18(23)10-26-19(24)11-25-16-5-3-4-14(8-16)13(2)22/h3-9H,10-11H2,1-2H3,(H,21,23). The maximum Gasteiger partial charge on any atom is 0.344 e. The molecule has 0 aliphatic carbocycles. The number of amides is 1. The van der Waals surface area contributed by atoms with Gasteiger partial charge in [-0.25, -0.2) is 4.79 Å². The Bertz CT molecular complexity index is 834. The summed E-state index contributed by atoms with van der Waals surface area (Å²) in [6, 6.07) is 11.5. The first-order valence-electron chi connectivity index (χ1n) is 7.80. The number of carbonyl (C=O) groups excluding carboxylic acids is 3. The molecule has 0 spiro atoms. The van der Waals surface area contributed by atoms with E-state index in [4.69, 9.17) is 21.1 Å². The highest BCUT2D eigenvalue weighted by atomic mass is 35.5. The lowest BCUT2D eigenvalue weighted by molar-refractivity contribution is -0.149. The lowest BCUT2D eigenvalue weighted by Crippen LogP contribution is -2.24. The maximum atomic E-state index is 11.9. The number of rotatable bonds is 7. The van der Waals surface area contributed by atoms with E-state index in [-0.39, 0.29) is 12.4 Å². The van der Waals surface area contributed by atoms with E-state index in [9.17, 15) is 14.4 Å². The number of esters is 1. The second-order valence-corrected chi connectivity index (χ2v) is 5.98. The van der Waals surface area contributed by atoms with Crippen molar-refractivity contribution in [1.82, 2.24) is 0 Å². The van der Waals surface area contributed by atoms with Crippen molar-refractivity contribution in [3.8, 4) is 5.75 Å². The Hall–Kier alpha value is -2.86. The Morgan fingerprint density at radius 1 is 1.08 bits per heavy atom. The summed E-state index contributed by atoms with van der Waals surface area (Å²) in [5, 5.41) is 3.11. The van der Waals surface area contributed by atoms with Gasteiger partial charge in [0.25, 0.3) is 5.91 Å². The normalized spacial score (nSPS) is 10.1. The van der Waals surface area contributed by atoms with Crippen molar-refractivity contribution >= 4 is 34.9 Å². The van der Waals surface area contributed by atoms with Crippen molar-refractivity contribution in [1.29, 1.82) is 0 Å². The first kappa shape index (κ1) is 19.5. The maximum absolute atomic E-state index is 11.9. The summed E-state index contributed by atoms with van der Waals surface area (Å²) >= 11 is 5.88. The zero-order valence-electron chi connectivity index (χ0n) is 14.4. The zero-order chi connectivity index (χ0) is 19.1. The number of anilines is 1. The summed E-state index contributed by atoms with van der Waals surface area (Å²) < 4.78 is 10.1. The van der Waals surface area contributed by atoms with Crippen LogP contribution in [-0.2, 0) is 14.3 Å². The number of carbonyl (C=O) groups is 3. The number of nitrogens with one attached hydrogen (secondary N) is 1. The summed E-state index contributed by atoms with van der Waals surface area (Å²) in [7, 11) is 0. The quantitative estimate of drug-likeness (QED) is 0.592. The zero-order valence-corrected chi connectivity index (χ0v) is 15.1. The summed E-state index contributed by atoms with van der Waals surface area (Å²) in [5.41, 5.74) is 1.87. The van der Waals surface area contributed by atoms with Crippen molar-refractivity contribution in [2.24, 2.45) is 0 Å². The Kier molecular flexibility index (Phi) is 6.74. The largest absolute Gasteiger partial charge is 0.482 e. The highest BCUT2D eigenvalue weighted by Crippen LogP contribution is 2.20. The Morgan fingerprint density at radius 3 is 2.58 bits per heavy atom. The molecule has 0 unspecified atom stereocenters. The van der Waals surface area contributed by atoms with Gasteiger partial charge in [-0.3, -0.25) is 9.59 Å². The third kappa shape index (κ3) is 5.89. The number of halogens is 1. The van der Waals surface area contributed by atoms with Crippen LogP contribution in [0.25, 0.3) is 0 Å². The van der Waals surface area contributed by atoms with Crippen LogP contribution in [-0.4, -0.2) is 30.9 Å². The molecule has 0 aliphatic heterocycles. The van der Waals surface area contributed by atoms with Gasteiger partial charge in [-0.1, -0.05) is 29.8 Å². The van der Waals surface area contributed by atoms with Crippen molar-refractivity contribution < 1.29 is 23.9 Å². The molecule has 0 aromatic heterocycles. The van der Waals surface area contributed by atoms with Gasteiger partial charge in [0.1, 0.15) is 5.75 Å². The molecule has 0 radical (unpaired) electrons. The van der Waals surface area contributed by atoms with Crippen LogP contribution in [0.5, 0.6) is 5.75 Å². The summed E-state index contributed by atoms with van der Waals surface area (Å²) in [4.78, 5) is 34.9. The third-order valence-corrected chi connectivity index (χ3v) is 3.67. The molecule has 0 heterocycles. The predicted octanol–water partition coefficient (Wildman–Crippen LogP) is 3.41. The summed E-state index contributed by atoms with van der Waals surface area (Å²) in [6.07, 6.45) is 0. The van der Waals surface area contributed by atoms with Gasteiger partial charge in [-0.05, 0) is 43.7 Å². The molecular weight excluding hydrogens is 358 g/mol. The van der Waals surface area contributed by atoms with Crippen molar-refractivity contribution in [2.75, 3.05) is 18.5 Å². The minimum absolute atomic E-state index is 0.106. The molecule has 2 aromatic rings. The highest BCUT2D eigenvalue weighted by Gasteiger charge is 2.11. The molecule has 6 nitrogen and oxygen atoms in total. The van der Waals surface area contributed by atoms with Crippen LogP contribution in [0.2, 0.25) is 5.02 Å². The van der Waals surface area contributed by atoms with Gasteiger partial charge in [-0.2, -0.15) is 0 Å². The van der Waals surface area contributed by atoms with Gasteiger partial charge in [-0.15, -0.1) is 0 Å². The van der Waals surface area contributed by atoms with Gasteiger partial charge in [0.2, 0.25) is 0 Å². The van der Waals surface area contributed by atoms with Crippen LogP contribution < -0.4 is 10.1 Å². The predicted molar refractivity (Wildman–Crippen MR) is 97.7 cm³/mol. The molecule has 0 saturated heterocycles. The molecule has 26 heavy (non-hydrogen) atoms. The van der Waals surface area contributed by atoms with Crippen LogP contribution in [0.15, 0.2) is 42.5 Å². The second-order valence-electron chi connectivity index (χ2n) is 5.54. The van der Waals surface area contributed by atoms with E-state index in [1.54, 1.807) is 36.4 Å². The molecule has 2 aromatic carbocycles. The number of hydrogen-bond acceptors (Lipinski definition) is 5. The molecule has 0 saturated carbocycles. The number of ketones is 1. The molecule has 2 rings (SSSR count). The van der Waals surface area contributed by atoms with Gasteiger partial charge in [0, 0.05) is 16.3 Å². The van der Waals surface area contributed by atoms with E-state index < -0.39 is 18.5 Å². The molecule has 0 atom stereocenters. The first-order valence-corrected chi connectivity index (χ1v) is 8.18. The van der Waals surface area contributed by atoms with Crippen molar-refractivity contribution in [3.05, 3.63) is 58.6 Å². The fourth-order valence-electron chi connectivity index (χ4n) is 2.05. The third-order valence-electron chi connectivity index (χ3n) is 3.44. The van der Waals surface area contributed by atoms with Crippen LogP contribution in [0.4, 0.5) is 5.69 Å². The highest BCUT2D eigenvalue weighted by molar-refractivity contribution is 6.31. The van der Waals surface area contributed by atoms with Crippen LogP contribution in [0.3, 0.4) is 0 Å². The number of Topliss-reactive ketones (excluding diaryl/α,β-unsaturated/α-hetero) is 1. The van der Waals surface area contributed by atoms with Crippen molar-refractivity contribution in [2.45, 2.75) is 13.8 Å². The molecule has 1 N–H and O–H groups in total. The van der Waals surface area contributed by atoms with E-state index in [0.717, 1.165) is 5.56 Å². The molecular formula is C19H18ClNO5. The van der Waals surface area contributed by atoms with E-state index in [0.29, 0.717) is 22.0 Å². The minimum Gasteiger partial charge on any atom is -0.482 e. The van der Waals surface area contributed by atoms with Gasteiger partial charge < -0.3 is 14.8 Å². The fraction of sp³-hybridized carbons (Fsp3) is 0.211. The SMILES string of the molecule is CC(=O)c1cccc(OCC(=O)OCC(=O)Nc2cc(Cl)ccc2C)c1.